The van der Waals surface area contributed by atoms with Crippen molar-refractivity contribution < 1.29 is 27.5 Å². The second-order valence-electron chi connectivity index (χ2n) is 7.37. The third kappa shape index (κ3) is 3.30. The molecule has 0 radical (unpaired) electrons. The molecule has 0 spiro atoms. The van der Waals surface area contributed by atoms with Crippen molar-refractivity contribution >= 4 is 21.9 Å². The molecule has 1 unspecified atom stereocenters. The molecule has 0 aliphatic carbocycles. The molecule has 3 rings (SSSR count). The first-order valence-corrected chi connectivity index (χ1v) is 9.70. The van der Waals surface area contributed by atoms with Gasteiger partial charge in [-0.3, -0.25) is 4.79 Å². The zero-order chi connectivity index (χ0) is 18.4. The number of hydrogen-bond donors (Lipinski definition) is 1. The Morgan fingerprint density at radius 1 is 1.28 bits per heavy atom. The van der Waals surface area contributed by atoms with Crippen molar-refractivity contribution in [2.45, 2.75) is 44.2 Å². The first-order valence-electron chi connectivity index (χ1n) is 8.26. The highest BCUT2D eigenvalue weighted by atomic mass is 32.2. The number of rotatable bonds is 4. The summed E-state index contributed by atoms with van der Waals surface area (Å²) in [5, 5.41) is 8.46. The molecule has 138 valence electrons. The highest BCUT2D eigenvalue weighted by molar-refractivity contribution is 7.89. The van der Waals surface area contributed by atoms with Crippen LogP contribution in [0.1, 0.15) is 43.7 Å². The minimum atomic E-state index is -4.05. The van der Waals surface area contributed by atoms with Crippen molar-refractivity contribution in [2.75, 3.05) is 19.6 Å². The number of carboxylic acid groups (broad SMARTS) is 1. The Morgan fingerprint density at radius 2 is 2.00 bits per heavy atom. The van der Waals surface area contributed by atoms with Crippen LogP contribution in [0.2, 0.25) is 0 Å². The van der Waals surface area contributed by atoms with Crippen LogP contribution in [0.3, 0.4) is 0 Å². The quantitative estimate of drug-likeness (QED) is 0.858. The van der Waals surface area contributed by atoms with Crippen LogP contribution in [0.4, 0.5) is 0 Å². The van der Waals surface area contributed by atoms with Gasteiger partial charge in [0.1, 0.15) is 6.04 Å². The normalized spacial score (nSPS) is 23.9. The molecule has 2 saturated heterocycles. The summed E-state index contributed by atoms with van der Waals surface area (Å²) >= 11 is 0. The maximum absolute atomic E-state index is 12.8. The number of furan rings is 1. The summed E-state index contributed by atoms with van der Waals surface area (Å²) in [5.41, 5.74) is 0.0371. The molecule has 3 heterocycles. The van der Waals surface area contributed by atoms with Gasteiger partial charge >= 0.3 is 5.97 Å². The predicted octanol–water partition coefficient (Wildman–Crippen LogP) is 1.39. The van der Waals surface area contributed by atoms with E-state index in [0.29, 0.717) is 25.9 Å². The molecule has 1 amide bonds. The minimum absolute atomic E-state index is 0.0371. The Kier molecular flexibility index (Phi) is 4.40. The van der Waals surface area contributed by atoms with Gasteiger partial charge < -0.3 is 14.4 Å². The zero-order valence-electron chi connectivity index (χ0n) is 14.3. The van der Waals surface area contributed by atoms with E-state index in [2.05, 4.69) is 13.8 Å². The van der Waals surface area contributed by atoms with Crippen LogP contribution in [-0.4, -0.2) is 60.3 Å². The van der Waals surface area contributed by atoms with Crippen molar-refractivity contribution in [3.05, 3.63) is 17.9 Å². The molecule has 1 aromatic heterocycles. The maximum atomic E-state index is 12.8. The van der Waals surface area contributed by atoms with Gasteiger partial charge in [0.25, 0.3) is 10.0 Å². The highest BCUT2D eigenvalue weighted by Gasteiger charge is 2.44. The van der Waals surface area contributed by atoms with E-state index in [4.69, 9.17) is 9.52 Å². The molecular weight excluding hydrogens is 348 g/mol. The Morgan fingerprint density at radius 3 is 2.56 bits per heavy atom. The number of hydrogen-bond acceptors (Lipinski definition) is 5. The number of amides is 1. The second-order valence-corrected chi connectivity index (χ2v) is 9.19. The van der Waals surface area contributed by atoms with Crippen molar-refractivity contribution in [3.8, 4) is 0 Å². The summed E-state index contributed by atoms with van der Waals surface area (Å²) in [5.74, 6) is -1.96. The van der Waals surface area contributed by atoms with Gasteiger partial charge in [0, 0.05) is 19.6 Å². The number of likely N-dealkylation sites (tertiary alicyclic amines) is 1. The van der Waals surface area contributed by atoms with Gasteiger partial charge in [0.15, 0.2) is 0 Å². The highest BCUT2D eigenvalue weighted by Crippen LogP contribution is 2.33. The van der Waals surface area contributed by atoms with E-state index < -0.39 is 32.9 Å². The molecule has 9 heteroatoms. The molecule has 1 atom stereocenters. The van der Waals surface area contributed by atoms with Crippen molar-refractivity contribution in [2.24, 2.45) is 5.41 Å². The SMILES string of the molecule is CC1(C)CCN(C(=O)C2CCCN2S(=O)(=O)c2ccc(C(=O)O)o2)C1. The number of carboxylic acids is 1. The molecule has 2 aliphatic heterocycles. The maximum Gasteiger partial charge on any atom is 0.371 e. The number of sulfonamides is 1. The van der Waals surface area contributed by atoms with E-state index in [9.17, 15) is 18.0 Å². The van der Waals surface area contributed by atoms with Crippen molar-refractivity contribution in [1.29, 1.82) is 0 Å². The van der Waals surface area contributed by atoms with Gasteiger partial charge in [-0.25, -0.2) is 13.2 Å². The Balaban J connectivity index is 1.83. The Hall–Kier alpha value is -1.87. The average molecular weight is 370 g/mol. The van der Waals surface area contributed by atoms with Crippen LogP contribution in [0.25, 0.3) is 0 Å². The first kappa shape index (κ1) is 17.9. The average Bonchev–Trinajstić information content (AvgIpc) is 3.25. The summed E-state index contributed by atoms with van der Waals surface area (Å²) in [4.78, 5) is 25.5. The molecule has 0 saturated carbocycles. The molecule has 0 aromatic carbocycles. The van der Waals surface area contributed by atoms with Crippen molar-refractivity contribution in [1.82, 2.24) is 9.21 Å². The second kappa shape index (κ2) is 6.14. The van der Waals surface area contributed by atoms with Gasteiger partial charge in [0.2, 0.25) is 16.8 Å². The van der Waals surface area contributed by atoms with E-state index in [0.717, 1.165) is 22.9 Å². The number of aromatic carboxylic acids is 1. The lowest BCUT2D eigenvalue weighted by molar-refractivity contribution is -0.133. The van der Waals surface area contributed by atoms with Crippen LogP contribution in [0.15, 0.2) is 21.6 Å². The van der Waals surface area contributed by atoms with Gasteiger partial charge in [-0.15, -0.1) is 0 Å². The molecule has 8 nitrogen and oxygen atoms in total. The largest absolute Gasteiger partial charge is 0.475 e. The number of carbonyl (C=O) groups is 2. The van der Waals surface area contributed by atoms with E-state index >= 15 is 0 Å². The third-order valence-electron chi connectivity index (χ3n) is 4.83. The van der Waals surface area contributed by atoms with E-state index in [1.165, 1.54) is 0 Å². The third-order valence-corrected chi connectivity index (χ3v) is 6.62. The molecule has 2 fully saturated rings. The molecule has 0 bridgehead atoms. The molecule has 1 aromatic rings. The van der Waals surface area contributed by atoms with Gasteiger partial charge in [-0.2, -0.15) is 4.31 Å². The number of nitrogens with zero attached hydrogens (tertiary/aromatic N) is 2. The smallest absolute Gasteiger partial charge is 0.371 e. The lowest BCUT2D eigenvalue weighted by atomic mass is 9.93. The lowest BCUT2D eigenvalue weighted by Crippen LogP contribution is -2.47. The van der Waals surface area contributed by atoms with Crippen LogP contribution in [0, 0.1) is 5.41 Å². The summed E-state index contributed by atoms with van der Waals surface area (Å²) in [6.45, 7) is 5.62. The molecular formula is C16H22N2O6S. The van der Waals surface area contributed by atoms with Gasteiger partial charge in [0.05, 0.1) is 0 Å². The predicted molar refractivity (Wildman–Crippen MR) is 87.6 cm³/mol. The standard InChI is InChI=1S/C16H22N2O6S/c1-16(2)7-9-17(10-16)14(19)11-4-3-8-18(11)25(22,23)13-6-5-12(24-13)15(20)21/h5-6,11H,3-4,7-10H2,1-2H3,(H,20,21). The number of carbonyl (C=O) groups excluding carboxylic acids is 1. The monoisotopic (exact) mass is 370 g/mol. The van der Waals surface area contributed by atoms with Crippen LogP contribution in [-0.2, 0) is 14.8 Å². The summed E-state index contributed by atoms with van der Waals surface area (Å²) in [6, 6.07) is 1.47. The van der Waals surface area contributed by atoms with Crippen LogP contribution in [0.5, 0.6) is 0 Å². The zero-order valence-corrected chi connectivity index (χ0v) is 15.1. The summed E-state index contributed by atoms with van der Waals surface area (Å²) in [7, 11) is -4.05. The van der Waals surface area contributed by atoms with E-state index in [-0.39, 0.29) is 17.9 Å². The Bertz CT molecular complexity index is 797. The fraction of sp³-hybridized carbons (Fsp3) is 0.625. The summed E-state index contributed by atoms with van der Waals surface area (Å²) in [6.07, 6.45) is 1.93. The Labute approximate surface area is 146 Å². The van der Waals surface area contributed by atoms with Crippen LogP contribution < -0.4 is 0 Å². The molecule has 1 N–H and O–H groups in total. The fourth-order valence-corrected chi connectivity index (χ4v) is 5.04. The van der Waals surface area contributed by atoms with Crippen molar-refractivity contribution in [3.63, 3.8) is 0 Å². The van der Waals surface area contributed by atoms with E-state index in [1.54, 1.807) is 4.90 Å². The lowest BCUT2D eigenvalue weighted by Gasteiger charge is -2.27. The fourth-order valence-electron chi connectivity index (χ4n) is 3.48. The van der Waals surface area contributed by atoms with E-state index in [1.807, 2.05) is 0 Å². The van der Waals surface area contributed by atoms with Gasteiger partial charge in [-0.05, 0) is 36.8 Å². The molecule has 2 aliphatic rings. The minimum Gasteiger partial charge on any atom is -0.475 e. The molecule has 25 heavy (non-hydrogen) atoms. The first-order chi connectivity index (χ1) is 11.6. The summed E-state index contributed by atoms with van der Waals surface area (Å²) < 4.78 is 31.7. The van der Waals surface area contributed by atoms with Crippen LogP contribution >= 0.6 is 0 Å². The van der Waals surface area contributed by atoms with Gasteiger partial charge in [-0.1, -0.05) is 13.8 Å². The topological polar surface area (TPSA) is 108 Å².